The summed E-state index contributed by atoms with van der Waals surface area (Å²) < 4.78 is 5.60. The van der Waals surface area contributed by atoms with E-state index in [0.717, 1.165) is 42.2 Å². The number of carbonyl (C=O) groups excluding carboxylic acids is 1. The SMILES string of the molecule is O=C(Nc1ccccc1)C1CCCN(Cc2coc(-c3cccs3)n2)C1. The molecule has 2 aromatic heterocycles. The number of para-hydroxylation sites is 1. The van der Waals surface area contributed by atoms with Gasteiger partial charge < -0.3 is 9.73 Å². The van der Waals surface area contributed by atoms with E-state index in [9.17, 15) is 4.79 Å². The number of rotatable bonds is 5. The topological polar surface area (TPSA) is 58.4 Å². The summed E-state index contributed by atoms with van der Waals surface area (Å²) >= 11 is 1.62. The number of nitrogens with zero attached hydrogens (tertiary/aromatic N) is 2. The molecule has 1 atom stereocenters. The Morgan fingerprint density at radius 1 is 1.27 bits per heavy atom. The van der Waals surface area contributed by atoms with Crippen molar-refractivity contribution in [2.45, 2.75) is 19.4 Å². The van der Waals surface area contributed by atoms with Crippen LogP contribution in [0.5, 0.6) is 0 Å². The maximum Gasteiger partial charge on any atom is 0.236 e. The number of piperidine rings is 1. The highest BCUT2D eigenvalue weighted by molar-refractivity contribution is 7.13. The summed E-state index contributed by atoms with van der Waals surface area (Å²) in [5.41, 5.74) is 1.77. The molecule has 1 aliphatic rings. The predicted molar refractivity (Wildman–Crippen MR) is 103 cm³/mol. The zero-order valence-electron chi connectivity index (χ0n) is 14.4. The summed E-state index contributed by atoms with van der Waals surface area (Å²) in [6, 6.07) is 13.6. The third-order valence-corrected chi connectivity index (χ3v) is 5.44. The lowest BCUT2D eigenvalue weighted by atomic mass is 9.97. The fourth-order valence-corrected chi connectivity index (χ4v) is 3.96. The van der Waals surface area contributed by atoms with Crippen LogP contribution in [-0.4, -0.2) is 28.9 Å². The monoisotopic (exact) mass is 367 g/mol. The van der Waals surface area contributed by atoms with Crippen LogP contribution in [0, 0.1) is 5.92 Å². The van der Waals surface area contributed by atoms with E-state index in [4.69, 9.17) is 4.42 Å². The third kappa shape index (κ3) is 4.03. The molecule has 1 aliphatic heterocycles. The molecule has 1 aromatic carbocycles. The lowest BCUT2D eigenvalue weighted by molar-refractivity contribution is -0.121. The van der Waals surface area contributed by atoms with E-state index < -0.39 is 0 Å². The molecule has 1 amide bonds. The minimum atomic E-state index is 0.00706. The molecular formula is C20H21N3O2S. The van der Waals surface area contributed by atoms with Crippen molar-refractivity contribution in [2.75, 3.05) is 18.4 Å². The largest absolute Gasteiger partial charge is 0.444 e. The quantitative estimate of drug-likeness (QED) is 0.732. The van der Waals surface area contributed by atoms with Crippen molar-refractivity contribution in [1.82, 2.24) is 9.88 Å². The highest BCUT2D eigenvalue weighted by Gasteiger charge is 2.26. The van der Waals surface area contributed by atoms with Gasteiger partial charge in [-0.1, -0.05) is 24.3 Å². The van der Waals surface area contributed by atoms with Crippen LogP contribution in [0.1, 0.15) is 18.5 Å². The van der Waals surface area contributed by atoms with Crippen molar-refractivity contribution in [3.8, 4) is 10.8 Å². The first kappa shape index (κ1) is 17.0. The number of oxazole rings is 1. The smallest absolute Gasteiger partial charge is 0.236 e. The number of likely N-dealkylation sites (tertiary alicyclic amines) is 1. The lowest BCUT2D eigenvalue weighted by Crippen LogP contribution is -2.40. The van der Waals surface area contributed by atoms with Crippen molar-refractivity contribution in [2.24, 2.45) is 5.92 Å². The van der Waals surface area contributed by atoms with Gasteiger partial charge in [-0.2, -0.15) is 0 Å². The Morgan fingerprint density at radius 3 is 2.96 bits per heavy atom. The van der Waals surface area contributed by atoms with Gasteiger partial charge in [0.25, 0.3) is 0 Å². The highest BCUT2D eigenvalue weighted by atomic mass is 32.1. The van der Waals surface area contributed by atoms with Gasteiger partial charge in [0, 0.05) is 18.8 Å². The van der Waals surface area contributed by atoms with E-state index >= 15 is 0 Å². The number of carbonyl (C=O) groups is 1. The van der Waals surface area contributed by atoms with Crippen LogP contribution in [-0.2, 0) is 11.3 Å². The van der Waals surface area contributed by atoms with Crippen molar-refractivity contribution < 1.29 is 9.21 Å². The van der Waals surface area contributed by atoms with E-state index in [2.05, 4.69) is 15.2 Å². The number of thiophene rings is 1. The second kappa shape index (κ2) is 7.85. The van der Waals surface area contributed by atoms with Crippen LogP contribution in [0.4, 0.5) is 5.69 Å². The number of benzene rings is 1. The Bertz CT molecular complexity index is 845. The van der Waals surface area contributed by atoms with Gasteiger partial charge in [0.15, 0.2) is 0 Å². The van der Waals surface area contributed by atoms with E-state index in [1.807, 2.05) is 47.8 Å². The minimum absolute atomic E-state index is 0.00706. The van der Waals surface area contributed by atoms with Crippen molar-refractivity contribution >= 4 is 22.9 Å². The van der Waals surface area contributed by atoms with Gasteiger partial charge >= 0.3 is 0 Å². The summed E-state index contributed by atoms with van der Waals surface area (Å²) in [7, 11) is 0. The zero-order chi connectivity index (χ0) is 17.8. The maximum atomic E-state index is 12.6. The second-order valence-electron chi connectivity index (χ2n) is 6.55. The number of hydrogen-bond donors (Lipinski definition) is 1. The molecule has 1 N–H and O–H groups in total. The summed E-state index contributed by atoms with van der Waals surface area (Å²) in [5.74, 6) is 0.776. The molecule has 134 valence electrons. The molecule has 1 saturated heterocycles. The van der Waals surface area contributed by atoms with E-state index in [0.29, 0.717) is 12.4 Å². The summed E-state index contributed by atoms with van der Waals surface area (Å²) in [6.07, 6.45) is 3.67. The Morgan fingerprint density at radius 2 is 2.15 bits per heavy atom. The average Bonchev–Trinajstić information content (AvgIpc) is 3.34. The van der Waals surface area contributed by atoms with E-state index in [-0.39, 0.29) is 11.8 Å². The van der Waals surface area contributed by atoms with Gasteiger partial charge in [-0.25, -0.2) is 4.98 Å². The first-order chi connectivity index (χ1) is 12.8. The summed E-state index contributed by atoms with van der Waals surface area (Å²) in [6.45, 7) is 2.44. The molecule has 0 saturated carbocycles. The molecule has 5 nitrogen and oxygen atoms in total. The average molecular weight is 367 g/mol. The molecule has 0 bridgehead atoms. The van der Waals surface area contributed by atoms with Gasteiger partial charge in [-0.3, -0.25) is 9.69 Å². The Balaban J connectivity index is 1.35. The van der Waals surface area contributed by atoms with Crippen LogP contribution in [0.15, 0.2) is 58.5 Å². The zero-order valence-corrected chi connectivity index (χ0v) is 15.2. The van der Waals surface area contributed by atoms with Gasteiger partial charge in [0.2, 0.25) is 11.8 Å². The molecule has 3 heterocycles. The molecule has 26 heavy (non-hydrogen) atoms. The molecule has 0 spiro atoms. The molecule has 6 heteroatoms. The number of nitrogens with one attached hydrogen (secondary N) is 1. The minimum Gasteiger partial charge on any atom is -0.444 e. The lowest BCUT2D eigenvalue weighted by Gasteiger charge is -2.31. The summed E-state index contributed by atoms with van der Waals surface area (Å²) in [4.78, 5) is 20.5. The van der Waals surface area contributed by atoms with Crippen LogP contribution in [0.2, 0.25) is 0 Å². The predicted octanol–water partition coefficient (Wildman–Crippen LogP) is 4.25. The van der Waals surface area contributed by atoms with Crippen molar-refractivity contribution in [3.63, 3.8) is 0 Å². The molecule has 1 fully saturated rings. The first-order valence-electron chi connectivity index (χ1n) is 8.84. The molecule has 4 rings (SSSR count). The fraction of sp³-hybridized carbons (Fsp3) is 0.300. The van der Waals surface area contributed by atoms with Gasteiger partial charge in [-0.05, 0) is 43.0 Å². The van der Waals surface area contributed by atoms with Crippen molar-refractivity contribution in [3.05, 3.63) is 59.8 Å². The van der Waals surface area contributed by atoms with Crippen LogP contribution in [0.25, 0.3) is 10.8 Å². The Hall–Kier alpha value is -2.44. The first-order valence-corrected chi connectivity index (χ1v) is 9.72. The summed E-state index contributed by atoms with van der Waals surface area (Å²) in [5, 5.41) is 5.03. The highest BCUT2D eigenvalue weighted by Crippen LogP contribution is 2.25. The molecule has 0 aliphatic carbocycles. The Kier molecular flexibility index (Phi) is 5.13. The van der Waals surface area contributed by atoms with Crippen LogP contribution < -0.4 is 5.32 Å². The number of amides is 1. The third-order valence-electron chi connectivity index (χ3n) is 4.59. The molecule has 0 radical (unpaired) electrons. The Labute approximate surface area is 156 Å². The molecular weight excluding hydrogens is 346 g/mol. The normalized spacial score (nSPS) is 17.9. The van der Waals surface area contributed by atoms with E-state index in [1.165, 1.54) is 0 Å². The van der Waals surface area contributed by atoms with Gasteiger partial charge in [0.1, 0.15) is 6.26 Å². The molecule has 3 aromatic rings. The van der Waals surface area contributed by atoms with Gasteiger partial charge in [0.05, 0.1) is 16.5 Å². The van der Waals surface area contributed by atoms with Crippen molar-refractivity contribution in [1.29, 1.82) is 0 Å². The number of hydrogen-bond acceptors (Lipinski definition) is 5. The molecule has 1 unspecified atom stereocenters. The maximum absolute atomic E-state index is 12.6. The van der Waals surface area contributed by atoms with Crippen LogP contribution >= 0.6 is 11.3 Å². The number of aromatic nitrogens is 1. The van der Waals surface area contributed by atoms with Gasteiger partial charge in [-0.15, -0.1) is 11.3 Å². The van der Waals surface area contributed by atoms with E-state index in [1.54, 1.807) is 17.6 Å². The number of anilines is 1. The fourth-order valence-electron chi connectivity index (χ4n) is 3.30. The van der Waals surface area contributed by atoms with Crippen LogP contribution in [0.3, 0.4) is 0 Å². The second-order valence-corrected chi connectivity index (χ2v) is 7.50. The standard InChI is InChI=1S/C20H21N3O2S/c24-19(21-16-7-2-1-3-8-16)15-6-4-10-23(12-15)13-17-14-25-20(22-17)18-9-5-11-26-18/h1-3,5,7-9,11,14-15H,4,6,10,12-13H2,(H,21,24).